The molecule has 1 aliphatic heterocycles. The number of benzene rings is 1. The quantitative estimate of drug-likeness (QED) is 0.903. The van der Waals surface area contributed by atoms with Crippen molar-refractivity contribution in [2.24, 2.45) is 5.73 Å². The summed E-state index contributed by atoms with van der Waals surface area (Å²) in [5.74, 6) is -0.327. The molecule has 17 heavy (non-hydrogen) atoms. The van der Waals surface area contributed by atoms with Crippen LogP contribution in [-0.4, -0.2) is 18.5 Å². The van der Waals surface area contributed by atoms with Gasteiger partial charge >= 0.3 is 0 Å². The first kappa shape index (κ1) is 11.9. The molecule has 88 valence electrons. The molecule has 5 heteroatoms. The Morgan fingerprint density at radius 1 is 1.59 bits per heavy atom. The fourth-order valence-corrected chi connectivity index (χ4v) is 2.66. The monoisotopic (exact) mass is 293 g/mol. The average molecular weight is 294 g/mol. The number of carbonyl (C=O) groups excluding carboxylic acids is 1. The molecule has 2 N–H and O–H groups in total. The molecule has 1 aromatic rings. The van der Waals surface area contributed by atoms with Gasteiger partial charge in [-0.3, -0.25) is 4.79 Å². The molecule has 2 rings (SSSR count). The summed E-state index contributed by atoms with van der Waals surface area (Å²) in [5, 5.41) is 9.16. The van der Waals surface area contributed by atoms with Gasteiger partial charge < -0.3 is 10.6 Å². The molecule has 1 unspecified atom stereocenters. The highest BCUT2D eigenvalue weighted by molar-refractivity contribution is 9.10. The van der Waals surface area contributed by atoms with Crippen LogP contribution in [0.15, 0.2) is 22.7 Å². The van der Waals surface area contributed by atoms with Crippen molar-refractivity contribution in [1.29, 1.82) is 5.26 Å². The van der Waals surface area contributed by atoms with E-state index in [1.54, 1.807) is 0 Å². The van der Waals surface area contributed by atoms with Crippen LogP contribution in [-0.2, 0) is 4.79 Å². The molecule has 0 bridgehead atoms. The smallest absolute Gasteiger partial charge is 0.240 e. The molecule has 1 heterocycles. The third-order valence-corrected chi connectivity index (χ3v) is 3.65. The van der Waals surface area contributed by atoms with Gasteiger partial charge in [0.2, 0.25) is 5.91 Å². The number of hydrogen-bond acceptors (Lipinski definition) is 3. The molecule has 0 saturated carbocycles. The first-order chi connectivity index (χ1) is 8.15. The number of carbonyl (C=O) groups is 1. The molecule has 1 saturated heterocycles. The van der Waals surface area contributed by atoms with Gasteiger partial charge in [-0.25, -0.2) is 0 Å². The van der Waals surface area contributed by atoms with Crippen molar-refractivity contribution in [2.75, 3.05) is 11.4 Å². The maximum Gasteiger partial charge on any atom is 0.240 e. The van der Waals surface area contributed by atoms with E-state index >= 15 is 0 Å². The van der Waals surface area contributed by atoms with E-state index in [-0.39, 0.29) is 11.9 Å². The second-order valence-corrected chi connectivity index (χ2v) is 4.85. The largest absolute Gasteiger partial charge is 0.368 e. The Morgan fingerprint density at radius 3 is 3.00 bits per heavy atom. The zero-order valence-electron chi connectivity index (χ0n) is 9.19. The van der Waals surface area contributed by atoms with Crippen molar-refractivity contribution in [3.8, 4) is 6.07 Å². The third kappa shape index (κ3) is 2.13. The van der Waals surface area contributed by atoms with Gasteiger partial charge in [0.1, 0.15) is 12.1 Å². The molecule has 0 radical (unpaired) electrons. The van der Waals surface area contributed by atoms with E-state index in [4.69, 9.17) is 11.0 Å². The number of nitrogens with zero attached hydrogens (tertiary/aromatic N) is 2. The fraction of sp³-hybridized carbons (Fsp3) is 0.333. The summed E-state index contributed by atoms with van der Waals surface area (Å²) in [6, 6.07) is 7.39. The number of anilines is 1. The minimum Gasteiger partial charge on any atom is -0.368 e. The second-order valence-electron chi connectivity index (χ2n) is 4.00. The molecule has 1 aromatic carbocycles. The topological polar surface area (TPSA) is 70.1 Å². The number of hydrogen-bond donors (Lipinski definition) is 1. The van der Waals surface area contributed by atoms with Gasteiger partial charge in [0.15, 0.2) is 0 Å². The normalized spacial score (nSPS) is 19.1. The van der Waals surface area contributed by atoms with Crippen molar-refractivity contribution >= 4 is 27.5 Å². The Kier molecular flexibility index (Phi) is 3.34. The van der Waals surface area contributed by atoms with Crippen molar-refractivity contribution in [3.05, 3.63) is 28.2 Å². The van der Waals surface area contributed by atoms with Crippen LogP contribution in [0, 0.1) is 11.3 Å². The highest BCUT2D eigenvalue weighted by Crippen LogP contribution is 2.32. The Labute approximate surface area is 108 Å². The van der Waals surface area contributed by atoms with Gasteiger partial charge in [-0.1, -0.05) is 6.07 Å². The lowest BCUT2D eigenvalue weighted by molar-refractivity contribution is -0.119. The number of nitriles is 1. The van der Waals surface area contributed by atoms with Crippen molar-refractivity contribution in [2.45, 2.75) is 18.9 Å². The molecule has 1 amide bonds. The first-order valence-electron chi connectivity index (χ1n) is 5.39. The predicted octanol–water partition coefficient (Wildman–Crippen LogP) is 1.77. The van der Waals surface area contributed by atoms with Gasteiger partial charge in [-0.2, -0.15) is 5.26 Å². The lowest BCUT2D eigenvalue weighted by Gasteiger charge is -2.25. The van der Waals surface area contributed by atoms with Gasteiger partial charge in [-0.05, 0) is 40.9 Å². The average Bonchev–Trinajstić information content (AvgIpc) is 2.77. The predicted molar refractivity (Wildman–Crippen MR) is 68.4 cm³/mol. The van der Waals surface area contributed by atoms with Crippen LogP contribution in [0.3, 0.4) is 0 Å². The lowest BCUT2D eigenvalue weighted by Crippen LogP contribution is -2.40. The van der Waals surface area contributed by atoms with Crippen LogP contribution in [0.4, 0.5) is 5.69 Å². The van der Waals surface area contributed by atoms with Gasteiger partial charge in [0.25, 0.3) is 0 Å². The number of halogens is 1. The zero-order valence-corrected chi connectivity index (χ0v) is 10.8. The minimum atomic E-state index is -0.327. The van der Waals surface area contributed by atoms with Crippen LogP contribution >= 0.6 is 15.9 Å². The summed E-state index contributed by atoms with van der Waals surface area (Å²) in [6.07, 6.45) is 1.68. The summed E-state index contributed by atoms with van der Waals surface area (Å²) >= 11 is 3.35. The van der Waals surface area contributed by atoms with Crippen LogP contribution in [0.1, 0.15) is 18.4 Å². The Bertz CT molecular complexity index is 495. The third-order valence-electron chi connectivity index (χ3n) is 2.99. The SMILES string of the molecule is N#Cc1c(Br)cccc1N1CCCC1C(N)=O. The summed E-state index contributed by atoms with van der Waals surface area (Å²) in [5.41, 5.74) is 6.72. The van der Waals surface area contributed by atoms with Gasteiger partial charge in [-0.15, -0.1) is 0 Å². The van der Waals surface area contributed by atoms with Crippen molar-refractivity contribution < 1.29 is 4.79 Å². The summed E-state index contributed by atoms with van der Waals surface area (Å²) < 4.78 is 0.743. The van der Waals surface area contributed by atoms with Crippen LogP contribution in [0.25, 0.3) is 0 Å². The van der Waals surface area contributed by atoms with Gasteiger partial charge in [0.05, 0.1) is 11.3 Å². The van der Waals surface area contributed by atoms with E-state index < -0.39 is 0 Å². The van der Waals surface area contributed by atoms with E-state index in [9.17, 15) is 4.79 Å². The number of nitrogens with two attached hydrogens (primary N) is 1. The van der Waals surface area contributed by atoms with Gasteiger partial charge in [0, 0.05) is 11.0 Å². The summed E-state index contributed by atoms with van der Waals surface area (Å²) in [7, 11) is 0. The van der Waals surface area contributed by atoms with E-state index in [1.165, 1.54) is 0 Å². The van der Waals surface area contributed by atoms with E-state index in [2.05, 4.69) is 22.0 Å². The summed E-state index contributed by atoms with van der Waals surface area (Å²) in [4.78, 5) is 13.3. The minimum absolute atomic E-state index is 0.295. The van der Waals surface area contributed by atoms with E-state index in [1.807, 2.05) is 23.1 Å². The zero-order chi connectivity index (χ0) is 12.4. The standard InChI is InChI=1S/C12H12BrN3O/c13-9-3-1-4-10(8(9)7-14)16-6-2-5-11(16)12(15)17/h1,3-4,11H,2,5-6H2,(H2,15,17). The highest BCUT2D eigenvalue weighted by Gasteiger charge is 2.30. The Morgan fingerprint density at radius 2 is 2.35 bits per heavy atom. The number of amides is 1. The molecule has 1 fully saturated rings. The van der Waals surface area contributed by atoms with Crippen LogP contribution in [0.5, 0.6) is 0 Å². The number of rotatable bonds is 2. The van der Waals surface area contributed by atoms with E-state index in [0.717, 1.165) is 29.5 Å². The van der Waals surface area contributed by atoms with Crippen molar-refractivity contribution in [3.63, 3.8) is 0 Å². The highest BCUT2D eigenvalue weighted by atomic mass is 79.9. The number of primary amides is 1. The molecular formula is C12H12BrN3O. The molecule has 0 aromatic heterocycles. The van der Waals surface area contributed by atoms with Crippen LogP contribution < -0.4 is 10.6 Å². The maximum atomic E-state index is 11.4. The molecule has 1 aliphatic rings. The van der Waals surface area contributed by atoms with Crippen molar-refractivity contribution in [1.82, 2.24) is 0 Å². The molecule has 4 nitrogen and oxygen atoms in total. The molecule has 1 atom stereocenters. The molecule has 0 aliphatic carbocycles. The second kappa shape index (κ2) is 4.76. The Balaban J connectivity index is 2.44. The molecular weight excluding hydrogens is 282 g/mol. The fourth-order valence-electron chi connectivity index (χ4n) is 2.21. The Hall–Kier alpha value is -1.54. The summed E-state index contributed by atoms with van der Waals surface area (Å²) in [6.45, 7) is 0.763. The molecule has 0 spiro atoms. The lowest BCUT2D eigenvalue weighted by atomic mass is 10.1. The maximum absolute atomic E-state index is 11.4. The van der Waals surface area contributed by atoms with Crippen LogP contribution in [0.2, 0.25) is 0 Å². The van der Waals surface area contributed by atoms with E-state index in [0.29, 0.717) is 5.56 Å². The first-order valence-corrected chi connectivity index (χ1v) is 6.19.